The number of ether oxygens (including phenoxy) is 1. The van der Waals surface area contributed by atoms with Crippen LogP contribution >= 0.6 is 0 Å². The minimum atomic E-state index is -0.581. The first kappa shape index (κ1) is 14.8. The van der Waals surface area contributed by atoms with Crippen LogP contribution in [-0.4, -0.2) is 38.7 Å². The number of carbonyl (C=O) groups is 2. The Hall–Kier alpha value is -2.28. The number of hydrogen-bond donors (Lipinski definition) is 4. The summed E-state index contributed by atoms with van der Waals surface area (Å²) in [5, 5.41) is 8.01. The van der Waals surface area contributed by atoms with Crippen molar-refractivity contribution in [2.45, 2.75) is 0 Å². The SMILES string of the molecule is COc1cccc(NC(=O)CNCCNC(N)=O)c1. The molecular weight excluding hydrogens is 248 g/mol. The summed E-state index contributed by atoms with van der Waals surface area (Å²) in [6.07, 6.45) is 0. The summed E-state index contributed by atoms with van der Waals surface area (Å²) < 4.78 is 5.05. The Morgan fingerprint density at radius 2 is 2.11 bits per heavy atom. The Morgan fingerprint density at radius 3 is 2.79 bits per heavy atom. The Morgan fingerprint density at radius 1 is 1.32 bits per heavy atom. The van der Waals surface area contributed by atoms with E-state index in [1.54, 1.807) is 31.4 Å². The van der Waals surface area contributed by atoms with E-state index in [1.165, 1.54) is 0 Å². The topological polar surface area (TPSA) is 105 Å². The Balaban J connectivity index is 2.25. The summed E-state index contributed by atoms with van der Waals surface area (Å²) in [6, 6.07) is 6.51. The van der Waals surface area contributed by atoms with Crippen LogP contribution in [0.1, 0.15) is 0 Å². The van der Waals surface area contributed by atoms with Gasteiger partial charge in [0.15, 0.2) is 0 Å². The van der Waals surface area contributed by atoms with Crippen LogP contribution in [0.3, 0.4) is 0 Å². The number of methoxy groups -OCH3 is 1. The van der Waals surface area contributed by atoms with E-state index >= 15 is 0 Å². The maximum absolute atomic E-state index is 11.6. The molecule has 1 rings (SSSR count). The Kier molecular flexibility index (Phi) is 6.17. The van der Waals surface area contributed by atoms with E-state index in [-0.39, 0.29) is 12.5 Å². The number of nitrogens with two attached hydrogens (primary N) is 1. The van der Waals surface area contributed by atoms with Gasteiger partial charge in [-0.3, -0.25) is 4.79 Å². The number of primary amides is 1. The first-order valence-corrected chi connectivity index (χ1v) is 5.79. The molecule has 3 amide bonds. The van der Waals surface area contributed by atoms with Gasteiger partial charge in [-0.05, 0) is 12.1 Å². The van der Waals surface area contributed by atoms with Crippen LogP contribution in [0.15, 0.2) is 24.3 Å². The molecule has 0 aliphatic rings. The molecule has 1 aromatic rings. The third kappa shape index (κ3) is 6.27. The minimum absolute atomic E-state index is 0.150. The third-order valence-corrected chi connectivity index (χ3v) is 2.24. The largest absolute Gasteiger partial charge is 0.497 e. The van der Waals surface area contributed by atoms with Crippen molar-refractivity contribution in [1.82, 2.24) is 10.6 Å². The van der Waals surface area contributed by atoms with Crippen molar-refractivity contribution in [3.8, 4) is 5.75 Å². The maximum Gasteiger partial charge on any atom is 0.312 e. The molecule has 0 saturated carbocycles. The summed E-state index contributed by atoms with van der Waals surface area (Å²) in [5.74, 6) is 0.503. The van der Waals surface area contributed by atoms with Gasteiger partial charge in [0.1, 0.15) is 5.75 Å². The number of hydrogen-bond acceptors (Lipinski definition) is 4. The van der Waals surface area contributed by atoms with Gasteiger partial charge in [0.05, 0.1) is 13.7 Å². The molecule has 0 radical (unpaired) electrons. The highest BCUT2D eigenvalue weighted by Gasteiger charge is 2.02. The van der Waals surface area contributed by atoms with Gasteiger partial charge in [-0.1, -0.05) is 6.07 Å². The lowest BCUT2D eigenvalue weighted by atomic mass is 10.3. The normalized spacial score (nSPS) is 9.74. The molecule has 104 valence electrons. The van der Waals surface area contributed by atoms with Crippen LogP contribution in [0.2, 0.25) is 0 Å². The first-order chi connectivity index (χ1) is 9.11. The third-order valence-electron chi connectivity index (χ3n) is 2.24. The van der Waals surface area contributed by atoms with E-state index in [2.05, 4.69) is 16.0 Å². The fourth-order valence-electron chi connectivity index (χ4n) is 1.38. The number of rotatable bonds is 7. The highest BCUT2D eigenvalue weighted by molar-refractivity contribution is 5.92. The predicted molar refractivity (Wildman–Crippen MR) is 72.1 cm³/mol. The van der Waals surface area contributed by atoms with E-state index < -0.39 is 6.03 Å². The molecule has 1 aromatic carbocycles. The van der Waals surface area contributed by atoms with Crippen LogP contribution in [0.25, 0.3) is 0 Å². The van der Waals surface area contributed by atoms with E-state index in [0.29, 0.717) is 24.5 Å². The summed E-state index contributed by atoms with van der Waals surface area (Å²) >= 11 is 0. The van der Waals surface area contributed by atoms with Crippen LogP contribution in [0.4, 0.5) is 10.5 Å². The monoisotopic (exact) mass is 266 g/mol. The number of nitrogens with one attached hydrogen (secondary N) is 3. The molecule has 7 heteroatoms. The van der Waals surface area contributed by atoms with Gasteiger partial charge in [-0.2, -0.15) is 0 Å². The lowest BCUT2D eigenvalue weighted by Crippen LogP contribution is -2.37. The number of benzene rings is 1. The van der Waals surface area contributed by atoms with Gasteiger partial charge < -0.3 is 26.4 Å². The second kappa shape index (κ2) is 7.93. The number of amides is 3. The fraction of sp³-hybridized carbons (Fsp3) is 0.333. The van der Waals surface area contributed by atoms with Crippen molar-refractivity contribution in [2.75, 3.05) is 32.1 Å². The van der Waals surface area contributed by atoms with Gasteiger partial charge in [0.25, 0.3) is 0 Å². The lowest BCUT2D eigenvalue weighted by molar-refractivity contribution is -0.115. The van der Waals surface area contributed by atoms with E-state index in [4.69, 9.17) is 10.5 Å². The number of urea groups is 1. The number of anilines is 1. The van der Waals surface area contributed by atoms with E-state index in [1.807, 2.05) is 0 Å². The average Bonchev–Trinajstić information content (AvgIpc) is 2.38. The lowest BCUT2D eigenvalue weighted by Gasteiger charge is -2.08. The molecule has 0 atom stereocenters. The fourth-order valence-corrected chi connectivity index (χ4v) is 1.38. The van der Waals surface area contributed by atoms with Crippen LogP contribution in [0, 0.1) is 0 Å². The Bertz CT molecular complexity index is 437. The number of carbonyl (C=O) groups excluding carboxylic acids is 2. The molecule has 0 spiro atoms. The maximum atomic E-state index is 11.6. The predicted octanol–water partition coefficient (Wildman–Crippen LogP) is -0.108. The summed E-state index contributed by atoms with van der Waals surface area (Å²) in [7, 11) is 1.56. The smallest absolute Gasteiger partial charge is 0.312 e. The van der Waals surface area contributed by atoms with Crippen LogP contribution in [0.5, 0.6) is 5.75 Å². The molecular formula is C12H18N4O3. The van der Waals surface area contributed by atoms with Gasteiger partial charge in [-0.25, -0.2) is 4.79 Å². The quantitative estimate of drug-likeness (QED) is 0.517. The van der Waals surface area contributed by atoms with Crippen molar-refractivity contribution in [2.24, 2.45) is 5.73 Å². The first-order valence-electron chi connectivity index (χ1n) is 5.79. The van der Waals surface area contributed by atoms with Crippen molar-refractivity contribution in [1.29, 1.82) is 0 Å². The molecule has 0 bridgehead atoms. The molecule has 7 nitrogen and oxygen atoms in total. The molecule has 5 N–H and O–H groups in total. The van der Waals surface area contributed by atoms with Crippen LogP contribution in [-0.2, 0) is 4.79 Å². The van der Waals surface area contributed by atoms with E-state index in [9.17, 15) is 9.59 Å². The van der Waals surface area contributed by atoms with E-state index in [0.717, 1.165) is 0 Å². The summed E-state index contributed by atoms with van der Waals surface area (Å²) in [4.78, 5) is 22.0. The van der Waals surface area contributed by atoms with Crippen LogP contribution < -0.4 is 26.4 Å². The molecule has 19 heavy (non-hydrogen) atoms. The molecule has 0 fully saturated rings. The Labute approximate surface area is 111 Å². The highest BCUT2D eigenvalue weighted by atomic mass is 16.5. The second-order valence-electron chi connectivity index (χ2n) is 3.75. The molecule has 0 aliphatic heterocycles. The van der Waals surface area contributed by atoms with Gasteiger partial charge in [0.2, 0.25) is 5.91 Å². The molecule has 0 aromatic heterocycles. The van der Waals surface area contributed by atoms with Crippen molar-refractivity contribution in [3.05, 3.63) is 24.3 Å². The molecule has 0 saturated heterocycles. The zero-order valence-corrected chi connectivity index (χ0v) is 10.7. The van der Waals surface area contributed by atoms with Crippen molar-refractivity contribution >= 4 is 17.6 Å². The highest BCUT2D eigenvalue weighted by Crippen LogP contribution is 2.16. The summed E-state index contributed by atoms with van der Waals surface area (Å²) in [5.41, 5.74) is 5.56. The molecule has 0 aliphatic carbocycles. The van der Waals surface area contributed by atoms with Gasteiger partial charge in [0, 0.05) is 24.8 Å². The molecule has 0 heterocycles. The standard InChI is InChI=1S/C12H18N4O3/c1-19-10-4-2-3-9(7-10)16-11(17)8-14-5-6-15-12(13)18/h2-4,7,14H,5-6,8H2,1H3,(H,16,17)(H3,13,15,18). The van der Waals surface area contributed by atoms with Crippen molar-refractivity contribution < 1.29 is 14.3 Å². The zero-order chi connectivity index (χ0) is 14.1. The van der Waals surface area contributed by atoms with Crippen molar-refractivity contribution in [3.63, 3.8) is 0 Å². The molecule has 0 unspecified atom stereocenters. The summed E-state index contributed by atoms with van der Waals surface area (Å²) in [6.45, 7) is 0.994. The second-order valence-corrected chi connectivity index (χ2v) is 3.75. The zero-order valence-electron chi connectivity index (χ0n) is 10.7. The van der Waals surface area contributed by atoms with Gasteiger partial charge >= 0.3 is 6.03 Å². The van der Waals surface area contributed by atoms with Gasteiger partial charge in [-0.15, -0.1) is 0 Å². The minimum Gasteiger partial charge on any atom is -0.497 e. The average molecular weight is 266 g/mol.